The fraction of sp³-hybridized carbons (Fsp3) is 0.350. The predicted octanol–water partition coefficient (Wildman–Crippen LogP) is 1.60. The molecule has 0 spiro atoms. The zero-order valence-electron chi connectivity index (χ0n) is 17.0. The number of fused-ring (bicyclic) bond motifs is 2. The van der Waals surface area contributed by atoms with Crippen molar-refractivity contribution in [2.75, 3.05) is 36.4 Å². The van der Waals surface area contributed by atoms with Gasteiger partial charge in [0, 0.05) is 39.8 Å². The molecule has 2 aromatic carbocycles. The molecule has 2 aliphatic heterocycles. The van der Waals surface area contributed by atoms with Crippen molar-refractivity contribution in [3.63, 3.8) is 0 Å². The van der Waals surface area contributed by atoms with Crippen LogP contribution in [0.1, 0.15) is 18.1 Å². The van der Waals surface area contributed by atoms with E-state index in [0.717, 1.165) is 15.6 Å². The van der Waals surface area contributed by atoms with E-state index in [9.17, 15) is 21.6 Å². The quantitative estimate of drug-likeness (QED) is 0.707. The number of rotatable bonds is 4. The van der Waals surface area contributed by atoms with E-state index in [1.807, 2.05) is 0 Å². The SMILES string of the molecule is CC(=O)N1CCc2cc(S(=O)(=O)N3CCc4cc(S(=O)(=O)N(C)C)ccc43)ccc21. The zero-order chi connectivity index (χ0) is 21.8. The van der Waals surface area contributed by atoms with Gasteiger partial charge in [0.05, 0.1) is 15.5 Å². The van der Waals surface area contributed by atoms with E-state index in [0.29, 0.717) is 30.6 Å². The van der Waals surface area contributed by atoms with Gasteiger partial charge in [0.2, 0.25) is 15.9 Å². The fourth-order valence-corrected chi connectivity index (χ4v) is 6.47. The van der Waals surface area contributed by atoms with Gasteiger partial charge in [0.25, 0.3) is 10.0 Å². The lowest BCUT2D eigenvalue weighted by atomic mass is 10.2. The van der Waals surface area contributed by atoms with Crippen LogP contribution in [0.3, 0.4) is 0 Å². The van der Waals surface area contributed by atoms with Crippen molar-refractivity contribution in [3.8, 4) is 0 Å². The van der Waals surface area contributed by atoms with Gasteiger partial charge in [-0.15, -0.1) is 0 Å². The molecule has 0 radical (unpaired) electrons. The molecule has 10 heteroatoms. The summed E-state index contributed by atoms with van der Waals surface area (Å²) in [7, 11) is -4.48. The van der Waals surface area contributed by atoms with E-state index >= 15 is 0 Å². The van der Waals surface area contributed by atoms with Crippen LogP contribution >= 0.6 is 0 Å². The Morgan fingerprint density at radius 1 is 0.867 bits per heavy atom. The molecule has 0 saturated heterocycles. The first-order valence-corrected chi connectivity index (χ1v) is 12.4. The first kappa shape index (κ1) is 20.8. The Bertz CT molecular complexity index is 1250. The van der Waals surface area contributed by atoms with E-state index in [-0.39, 0.29) is 22.2 Å². The molecule has 4 rings (SSSR count). The first-order chi connectivity index (χ1) is 14.0. The smallest absolute Gasteiger partial charge is 0.264 e. The average molecular weight is 450 g/mol. The number of benzene rings is 2. The number of hydrogen-bond donors (Lipinski definition) is 0. The van der Waals surface area contributed by atoms with Gasteiger partial charge in [-0.05, 0) is 60.4 Å². The van der Waals surface area contributed by atoms with Gasteiger partial charge in [-0.1, -0.05) is 0 Å². The monoisotopic (exact) mass is 449 g/mol. The molecule has 2 aromatic rings. The number of anilines is 2. The highest BCUT2D eigenvalue weighted by molar-refractivity contribution is 7.92. The number of hydrogen-bond acceptors (Lipinski definition) is 5. The lowest BCUT2D eigenvalue weighted by Crippen LogP contribution is -2.29. The topological polar surface area (TPSA) is 95.1 Å². The number of carbonyl (C=O) groups is 1. The summed E-state index contributed by atoms with van der Waals surface area (Å²) in [6, 6.07) is 9.39. The van der Waals surface area contributed by atoms with Gasteiger partial charge < -0.3 is 4.90 Å². The molecular formula is C20H23N3O5S2. The Morgan fingerprint density at radius 2 is 1.43 bits per heavy atom. The number of nitrogens with zero attached hydrogens (tertiary/aromatic N) is 3. The Labute approximate surface area is 176 Å². The van der Waals surface area contributed by atoms with E-state index in [1.54, 1.807) is 29.2 Å². The van der Waals surface area contributed by atoms with Gasteiger partial charge in [-0.3, -0.25) is 9.10 Å². The second kappa shape index (κ2) is 7.07. The second-order valence-corrected chi connectivity index (χ2v) is 11.6. The highest BCUT2D eigenvalue weighted by atomic mass is 32.2. The maximum atomic E-state index is 13.3. The molecule has 0 N–H and O–H groups in total. The summed E-state index contributed by atoms with van der Waals surface area (Å²) < 4.78 is 53.9. The Hall–Kier alpha value is -2.43. The van der Waals surface area contributed by atoms with E-state index in [1.165, 1.54) is 37.5 Å². The first-order valence-electron chi connectivity index (χ1n) is 9.53. The van der Waals surface area contributed by atoms with Crippen molar-refractivity contribution in [3.05, 3.63) is 47.5 Å². The molecular weight excluding hydrogens is 426 g/mol. The maximum Gasteiger partial charge on any atom is 0.264 e. The fourth-order valence-electron chi connectivity index (χ4n) is 3.96. The van der Waals surface area contributed by atoms with Crippen LogP contribution in [0, 0.1) is 0 Å². The lowest BCUT2D eigenvalue weighted by Gasteiger charge is -2.21. The number of amides is 1. The third-order valence-electron chi connectivity index (χ3n) is 5.60. The largest absolute Gasteiger partial charge is 0.312 e. The maximum absolute atomic E-state index is 13.3. The van der Waals surface area contributed by atoms with Crippen LogP contribution < -0.4 is 9.21 Å². The van der Waals surface area contributed by atoms with Crippen molar-refractivity contribution in [1.29, 1.82) is 0 Å². The van der Waals surface area contributed by atoms with Crippen molar-refractivity contribution in [1.82, 2.24) is 4.31 Å². The molecule has 0 aromatic heterocycles. The van der Waals surface area contributed by atoms with E-state index < -0.39 is 20.0 Å². The summed E-state index contributed by atoms with van der Waals surface area (Å²) in [5, 5.41) is 0. The Morgan fingerprint density at radius 3 is 2.10 bits per heavy atom. The molecule has 8 nitrogen and oxygen atoms in total. The molecule has 2 aliphatic rings. The minimum atomic E-state index is -3.81. The highest BCUT2D eigenvalue weighted by Crippen LogP contribution is 2.37. The predicted molar refractivity (Wildman–Crippen MR) is 114 cm³/mol. The van der Waals surface area contributed by atoms with Gasteiger partial charge in [0.1, 0.15) is 0 Å². The van der Waals surface area contributed by atoms with Gasteiger partial charge >= 0.3 is 0 Å². The van der Waals surface area contributed by atoms with Crippen LogP contribution in [0.25, 0.3) is 0 Å². The minimum absolute atomic E-state index is 0.0682. The normalized spacial score (nSPS) is 16.1. The minimum Gasteiger partial charge on any atom is -0.312 e. The summed E-state index contributed by atoms with van der Waals surface area (Å²) in [6.07, 6.45) is 1.05. The summed E-state index contributed by atoms with van der Waals surface area (Å²) in [5.41, 5.74) is 2.77. The summed E-state index contributed by atoms with van der Waals surface area (Å²) in [5.74, 6) is -0.0682. The molecule has 0 fully saturated rings. The lowest BCUT2D eigenvalue weighted by molar-refractivity contribution is -0.116. The van der Waals surface area contributed by atoms with Crippen molar-refractivity contribution >= 4 is 37.3 Å². The molecule has 160 valence electrons. The summed E-state index contributed by atoms with van der Waals surface area (Å²) in [6.45, 7) is 2.29. The molecule has 0 atom stereocenters. The molecule has 0 unspecified atom stereocenters. The Kier molecular flexibility index (Phi) is 4.91. The van der Waals surface area contributed by atoms with Crippen molar-refractivity contribution in [2.24, 2.45) is 0 Å². The Balaban J connectivity index is 1.69. The van der Waals surface area contributed by atoms with Crippen molar-refractivity contribution < 1.29 is 21.6 Å². The molecule has 30 heavy (non-hydrogen) atoms. The van der Waals surface area contributed by atoms with Crippen LogP contribution in [0.15, 0.2) is 46.2 Å². The van der Waals surface area contributed by atoms with Crippen molar-refractivity contribution in [2.45, 2.75) is 29.6 Å². The molecule has 0 bridgehead atoms. The zero-order valence-corrected chi connectivity index (χ0v) is 18.6. The molecule has 0 saturated carbocycles. The van der Waals surface area contributed by atoms with E-state index in [2.05, 4.69) is 0 Å². The molecule has 1 amide bonds. The van der Waals surface area contributed by atoms with Crippen LogP contribution in [0.2, 0.25) is 0 Å². The third-order valence-corrected chi connectivity index (χ3v) is 9.22. The standard InChI is InChI=1S/C20H23N3O5S2/c1-14(24)22-10-8-15-12-18(4-6-19(15)22)30(27,28)23-11-9-16-13-17(5-7-20(16)23)29(25,26)21(2)3/h4-7,12-13H,8-11H2,1-3H3. The molecule has 0 aliphatic carbocycles. The summed E-state index contributed by atoms with van der Waals surface area (Å²) in [4.78, 5) is 13.7. The van der Waals surface area contributed by atoms with Crippen LogP contribution in [-0.4, -0.2) is 54.2 Å². The highest BCUT2D eigenvalue weighted by Gasteiger charge is 2.33. The van der Waals surface area contributed by atoms with Gasteiger partial charge in [-0.25, -0.2) is 21.1 Å². The van der Waals surface area contributed by atoms with Gasteiger partial charge in [0.15, 0.2) is 0 Å². The molecule has 2 heterocycles. The third kappa shape index (κ3) is 3.19. The second-order valence-electron chi connectivity index (χ2n) is 7.62. The van der Waals surface area contributed by atoms with E-state index in [4.69, 9.17) is 0 Å². The number of sulfonamides is 2. The summed E-state index contributed by atoms with van der Waals surface area (Å²) >= 11 is 0. The van der Waals surface area contributed by atoms with Crippen LogP contribution in [0.5, 0.6) is 0 Å². The number of carbonyl (C=O) groups excluding carboxylic acids is 1. The van der Waals surface area contributed by atoms with Gasteiger partial charge in [-0.2, -0.15) is 0 Å². The van der Waals surface area contributed by atoms with Crippen LogP contribution in [0.4, 0.5) is 11.4 Å². The average Bonchev–Trinajstić information content (AvgIpc) is 3.31. The van der Waals surface area contributed by atoms with Crippen LogP contribution in [-0.2, 0) is 37.7 Å².